The van der Waals surface area contributed by atoms with Gasteiger partial charge < -0.3 is 19.0 Å². The summed E-state index contributed by atoms with van der Waals surface area (Å²) in [6.07, 6.45) is 3.42. The number of benzene rings is 2. The molecular weight excluding hydrogens is 642 g/mol. The Morgan fingerprint density at radius 2 is 1.91 bits per heavy atom. The molecule has 5 aromatic rings. The third-order valence-corrected chi connectivity index (χ3v) is 9.71. The minimum Gasteiger partial charge on any atom is -0.505 e. The van der Waals surface area contributed by atoms with Crippen LogP contribution in [0.2, 0.25) is 0 Å². The fourth-order valence-corrected chi connectivity index (χ4v) is 7.22. The van der Waals surface area contributed by atoms with Crippen LogP contribution in [0.1, 0.15) is 41.0 Å². The maximum atomic E-state index is 14.2. The molecule has 13 heteroatoms. The Bertz CT molecular complexity index is 2060. The molecule has 47 heavy (non-hydrogen) atoms. The van der Waals surface area contributed by atoms with Crippen LogP contribution in [0.4, 0.5) is 9.52 Å². The van der Waals surface area contributed by atoms with Gasteiger partial charge in [0.15, 0.2) is 21.6 Å². The fraction of sp³-hybridized carbons (Fsp3) is 0.206. The highest BCUT2D eigenvalue weighted by Crippen LogP contribution is 2.46. The number of fused-ring (bicyclic) bond motifs is 1. The van der Waals surface area contributed by atoms with Gasteiger partial charge in [0, 0.05) is 11.9 Å². The van der Waals surface area contributed by atoms with Crippen molar-refractivity contribution in [2.75, 3.05) is 18.1 Å². The van der Waals surface area contributed by atoms with Crippen molar-refractivity contribution in [1.29, 1.82) is 0 Å². The number of pyridine rings is 1. The summed E-state index contributed by atoms with van der Waals surface area (Å²) in [4.78, 5) is 33.6. The highest BCUT2D eigenvalue weighted by atomic mass is 32.2. The van der Waals surface area contributed by atoms with E-state index in [1.165, 1.54) is 22.7 Å². The lowest BCUT2D eigenvalue weighted by Gasteiger charge is -2.23. The van der Waals surface area contributed by atoms with Crippen molar-refractivity contribution in [3.05, 3.63) is 113 Å². The van der Waals surface area contributed by atoms with E-state index in [-0.39, 0.29) is 28.8 Å². The van der Waals surface area contributed by atoms with Crippen LogP contribution in [-0.4, -0.2) is 49.6 Å². The molecule has 1 N–H and O–H groups in total. The number of hydrogen-bond acceptors (Lipinski definition) is 10. The smallest absolute Gasteiger partial charge is 0.301 e. The molecule has 0 aliphatic carbocycles. The topological polar surface area (TPSA) is 119 Å². The number of ketones is 1. The number of carbonyl (C=O) groups is 2. The van der Waals surface area contributed by atoms with E-state index in [4.69, 9.17) is 9.47 Å². The number of aryl methyl sites for hydroxylation is 2. The molecule has 0 radical (unpaired) electrons. The Kier molecular flexibility index (Phi) is 9.10. The average molecular weight is 672 g/mol. The van der Waals surface area contributed by atoms with Gasteiger partial charge in [-0.25, -0.2) is 9.37 Å². The zero-order valence-electron chi connectivity index (χ0n) is 25.8. The minimum absolute atomic E-state index is 0.139. The van der Waals surface area contributed by atoms with Gasteiger partial charge in [0.1, 0.15) is 23.8 Å². The van der Waals surface area contributed by atoms with Gasteiger partial charge in [0.05, 0.1) is 23.9 Å². The third kappa shape index (κ3) is 5.99. The van der Waals surface area contributed by atoms with Crippen molar-refractivity contribution in [3.8, 4) is 11.5 Å². The van der Waals surface area contributed by atoms with Crippen molar-refractivity contribution in [1.82, 2.24) is 19.6 Å². The number of carbonyl (C=O) groups excluding carboxylic acids is 2. The number of halogens is 1. The monoisotopic (exact) mass is 671 g/mol. The molecule has 6 rings (SSSR count). The normalized spacial score (nSPS) is 15.8. The summed E-state index contributed by atoms with van der Waals surface area (Å²) < 4.78 is 28.2. The molecule has 1 saturated heterocycles. The molecule has 2 aromatic carbocycles. The number of Topliss-reactive ketones (excluding diaryl/α,β-unsaturated/α-hetero) is 1. The van der Waals surface area contributed by atoms with Crippen LogP contribution in [0.25, 0.3) is 11.4 Å². The molecule has 1 unspecified atom stereocenters. The van der Waals surface area contributed by atoms with Gasteiger partial charge in [0.2, 0.25) is 5.13 Å². The number of hydrogen-bond donors (Lipinski definition) is 1. The lowest BCUT2D eigenvalue weighted by atomic mass is 9.96. The summed E-state index contributed by atoms with van der Waals surface area (Å²) in [6.45, 7) is 9.76. The molecule has 4 heterocycles. The maximum Gasteiger partial charge on any atom is 0.301 e. The Labute approximate surface area is 278 Å². The Balaban J connectivity index is 1.47. The predicted octanol–water partition coefficient (Wildman–Crippen LogP) is 6.82. The largest absolute Gasteiger partial charge is 0.505 e. The number of amides is 1. The first-order chi connectivity index (χ1) is 22.7. The molecule has 0 spiro atoms. The molecule has 10 nitrogen and oxygen atoms in total. The summed E-state index contributed by atoms with van der Waals surface area (Å²) in [5.74, 6) is -1.42. The van der Waals surface area contributed by atoms with Crippen LogP contribution in [-0.2, 0) is 15.3 Å². The summed E-state index contributed by atoms with van der Waals surface area (Å²) in [6, 6.07) is 14.1. The molecule has 3 aromatic heterocycles. The zero-order valence-corrected chi connectivity index (χ0v) is 27.4. The summed E-state index contributed by atoms with van der Waals surface area (Å²) in [5.41, 5.74) is 3.06. The fourth-order valence-electron chi connectivity index (χ4n) is 5.36. The van der Waals surface area contributed by atoms with Crippen LogP contribution in [0.5, 0.6) is 11.5 Å². The summed E-state index contributed by atoms with van der Waals surface area (Å²) >= 11 is 2.34. The standard InChI is InChI=1S/C34H30FN5O5S2/c1-5-16-45-24-14-13-21(17-25(24)44-6-2)28-26(29(41)27-20(4)39-15-9-10-19(3)31(39)36-27)30(42)32(43)40(28)33-37-38-34(47-33)46-18-22-11-7-8-12-23(22)35/h5,7-15,17,28,41H,1,6,16,18H2,2-4H3. The van der Waals surface area contributed by atoms with E-state index in [0.29, 0.717) is 50.7 Å². The van der Waals surface area contributed by atoms with Crippen LogP contribution >= 0.6 is 23.1 Å². The average Bonchev–Trinajstić information content (AvgIpc) is 3.75. The van der Waals surface area contributed by atoms with Gasteiger partial charge in [-0.2, -0.15) is 0 Å². The molecule has 0 saturated carbocycles. The van der Waals surface area contributed by atoms with Gasteiger partial charge in [-0.15, -0.1) is 10.2 Å². The Morgan fingerprint density at radius 3 is 2.66 bits per heavy atom. The molecule has 0 bridgehead atoms. The SMILES string of the molecule is C=CCOc1ccc(C2C(=C(O)c3nc4c(C)cccn4c3C)C(=O)C(=O)N2c2nnc(SCc3ccccc3F)s2)cc1OCC. The molecule has 1 aliphatic heterocycles. The maximum absolute atomic E-state index is 14.2. The minimum atomic E-state index is -1.11. The van der Waals surface area contributed by atoms with Gasteiger partial charge in [-0.1, -0.05) is 66.1 Å². The van der Waals surface area contributed by atoms with Crippen molar-refractivity contribution in [2.24, 2.45) is 0 Å². The Morgan fingerprint density at radius 1 is 1.11 bits per heavy atom. The number of aliphatic hydroxyl groups is 1. The van der Waals surface area contributed by atoms with Crippen molar-refractivity contribution < 1.29 is 28.6 Å². The molecular formula is C34H30FN5O5S2. The first kappa shape index (κ1) is 32.0. The quantitative estimate of drug-likeness (QED) is 0.0403. The molecule has 1 amide bonds. The highest BCUT2D eigenvalue weighted by Gasteiger charge is 2.49. The second-order valence-electron chi connectivity index (χ2n) is 10.6. The lowest BCUT2D eigenvalue weighted by Crippen LogP contribution is -2.29. The van der Waals surface area contributed by atoms with E-state index < -0.39 is 23.5 Å². The number of rotatable bonds is 11. The van der Waals surface area contributed by atoms with Gasteiger partial charge in [0.25, 0.3) is 5.78 Å². The number of aromatic nitrogens is 4. The highest BCUT2D eigenvalue weighted by molar-refractivity contribution is 8.00. The van der Waals surface area contributed by atoms with Crippen molar-refractivity contribution in [2.45, 2.75) is 36.9 Å². The van der Waals surface area contributed by atoms with Crippen LogP contribution in [0, 0.1) is 19.7 Å². The van der Waals surface area contributed by atoms with Gasteiger partial charge >= 0.3 is 5.91 Å². The zero-order chi connectivity index (χ0) is 33.2. The number of aliphatic hydroxyl groups excluding tert-OH is 1. The first-order valence-electron chi connectivity index (χ1n) is 14.7. The van der Waals surface area contributed by atoms with Crippen LogP contribution < -0.4 is 14.4 Å². The molecule has 1 aliphatic rings. The number of anilines is 1. The number of thioether (sulfide) groups is 1. The number of nitrogens with zero attached hydrogens (tertiary/aromatic N) is 5. The Hall–Kier alpha value is -5.01. The molecule has 1 fully saturated rings. The third-order valence-electron chi connectivity index (χ3n) is 7.60. The van der Waals surface area contributed by atoms with E-state index >= 15 is 0 Å². The van der Waals surface area contributed by atoms with Crippen LogP contribution in [0.15, 0.2) is 83.4 Å². The number of ether oxygens (including phenoxy) is 2. The molecule has 1 atom stereocenters. The number of imidazole rings is 1. The predicted molar refractivity (Wildman–Crippen MR) is 179 cm³/mol. The second kappa shape index (κ2) is 13.4. The van der Waals surface area contributed by atoms with Gasteiger partial charge in [-0.05, 0) is 61.7 Å². The summed E-state index contributed by atoms with van der Waals surface area (Å²) in [5, 5.41) is 20.4. The lowest BCUT2D eigenvalue weighted by molar-refractivity contribution is -0.132. The second-order valence-corrected chi connectivity index (χ2v) is 12.7. The van der Waals surface area contributed by atoms with Gasteiger partial charge in [-0.3, -0.25) is 14.5 Å². The van der Waals surface area contributed by atoms with Crippen molar-refractivity contribution >= 4 is 51.3 Å². The van der Waals surface area contributed by atoms with E-state index in [1.54, 1.807) is 49.4 Å². The van der Waals surface area contributed by atoms with E-state index in [1.807, 2.05) is 36.6 Å². The van der Waals surface area contributed by atoms with E-state index in [2.05, 4.69) is 21.8 Å². The van der Waals surface area contributed by atoms with Crippen molar-refractivity contribution in [3.63, 3.8) is 0 Å². The van der Waals surface area contributed by atoms with E-state index in [9.17, 15) is 19.1 Å². The van der Waals surface area contributed by atoms with E-state index in [0.717, 1.165) is 16.9 Å². The summed E-state index contributed by atoms with van der Waals surface area (Å²) in [7, 11) is 0. The van der Waals surface area contributed by atoms with Crippen LogP contribution in [0.3, 0.4) is 0 Å². The first-order valence-corrected chi connectivity index (χ1v) is 16.5. The molecule has 240 valence electrons.